The first-order valence-electron chi connectivity index (χ1n) is 11.3. The predicted octanol–water partition coefficient (Wildman–Crippen LogP) is 3.72. The molecule has 2 heterocycles. The Hall–Kier alpha value is -1.67. The van der Waals surface area contributed by atoms with E-state index in [2.05, 4.69) is 21.9 Å². The van der Waals surface area contributed by atoms with E-state index in [1.54, 1.807) is 6.21 Å². The van der Waals surface area contributed by atoms with Crippen LogP contribution in [0.2, 0.25) is 0 Å². The third-order valence-corrected chi connectivity index (χ3v) is 5.89. The van der Waals surface area contributed by atoms with Crippen LogP contribution in [0.4, 0.5) is 4.79 Å². The number of hydrogen-bond donors (Lipinski definition) is 0. The van der Waals surface area contributed by atoms with Gasteiger partial charge in [0.25, 0.3) is 5.91 Å². The summed E-state index contributed by atoms with van der Waals surface area (Å²) in [5, 5.41) is 5.44. The standard InChI is InChI=1S/C23H35N5O2.2ClH/c1-25-15-17-26(18-16-25)13-9-4-2-3-5-10-14-27-22(29)20-28(23(27)30)24-19-21-11-7-6-8-12-21;;/h6-8,11-12,19H,2-5,9-10,13-18,20H2,1H3;2*1H/b24-19+;;. The molecule has 180 valence electrons. The van der Waals surface area contributed by atoms with Gasteiger partial charge in [0.05, 0.1) is 6.21 Å². The number of rotatable bonds is 11. The van der Waals surface area contributed by atoms with Crippen molar-refractivity contribution in [2.24, 2.45) is 5.10 Å². The highest BCUT2D eigenvalue weighted by Gasteiger charge is 2.35. The van der Waals surface area contributed by atoms with Gasteiger partial charge in [-0.05, 0) is 32.0 Å². The third kappa shape index (κ3) is 9.06. The Morgan fingerprint density at radius 1 is 0.844 bits per heavy atom. The highest BCUT2D eigenvalue weighted by atomic mass is 35.5. The number of piperazine rings is 1. The molecule has 2 fully saturated rings. The van der Waals surface area contributed by atoms with Crippen LogP contribution in [0, 0.1) is 0 Å². The lowest BCUT2D eigenvalue weighted by atomic mass is 10.1. The smallest absolute Gasteiger partial charge is 0.304 e. The summed E-state index contributed by atoms with van der Waals surface area (Å²) in [4.78, 5) is 30.9. The molecule has 2 aliphatic heterocycles. The number of nitrogens with zero attached hydrogens (tertiary/aromatic N) is 5. The van der Waals surface area contributed by atoms with Gasteiger partial charge < -0.3 is 9.80 Å². The van der Waals surface area contributed by atoms with E-state index in [0.717, 1.165) is 24.8 Å². The molecular weight excluding hydrogens is 449 g/mol. The summed E-state index contributed by atoms with van der Waals surface area (Å²) in [7, 11) is 2.19. The van der Waals surface area contributed by atoms with Crippen LogP contribution in [-0.2, 0) is 4.79 Å². The van der Waals surface area contributed by atoms with E-state index in [1.807, 2.05) is 30.3 Å². The summed E-state index contributed by atoms with van der Waals surface area (Å²) in [6.45, 7) is 6.50. The van der Waals surface area contributed by atoms with Crippen LogP contribution < -0.4 is 0 Å². The zero-order chi connectivity index (χ0) is 21.2. The highest BCUT2D eigenvalue weighted by molar-refractivity contribution is 6.02. The molecule has 2 saturated heterocycles. The Morgan fingerprint density at radius 3 is 2.09 bits per heavy atom. The first-order valence-corrected chi connectivity index (χ1v) is 11.3. The summed E-state index contributed by atoms with van der Waals surface area (Å²) in [6.07, 6.45) is 8.46. The van der Waals surface area contributed by atoms with E-state index < -0.39 is 0 Å². The number of unbranched alkanes of at least 4 members (excludes halogenated alkanes) is 5. The average Bonchev–Trinajstić information content (AvgIpc) is 3.03. The number of carbonyl (C=O) groups excluding carboxylic acids is 2. The van der Waals surface area contributed by atoms with Crippen LogP contribution in [0.3, 0.4) is 0 Å². The van der Waals surface area contributed by atoms with Crippen LogP contribution in [-0.4, -0.2) is 90.7 Å². The number of amides is 3. The zero-order valence-corrected chi connectivity index (χ0v) is 20.7. The number of urea groups is 1. The number of hydrazone groups is 1. The number of hydrogen-bond acceptors (Lipinski definition) is 5. The first-order chi connectivity index (χ1) is 14.6. The van der Waals surface area contributed by atoms with Crippen LogP contribution in [0.15, 0.2) is 35.4 Å². The largest absolute Gasteiger partial charge is 0.347 e. The van der Waals surface area contributed by atoms with E-state index in [0.29, 0.717) is 6.54 Å². The minimum Gasteiger partial charge on any atom is -0.304 e. The summed E-state index contributed by atoms with van der Waals surface area (Å²) < 4.78 is 0. The van der Waals surface area contributed by atoms with Crippen LogP contribution in [0.5, 0.6) is 0 Å². The molecule has 9 heteroatoms. The molecule has 0 saturated carbocycles. The van der Waals surface area contributed by atoms with E-state index >= 15 is 0 Å². The molecule has 7 nitrogen and oxygen atoms in total. The topological polar surface area (TPSA) is 59.5 Å². The van der Waals surface area contributed by atoms with Crippen molar-refractivity contribution >= 4 is 43.0 Å². The lowest BCUT2D eigenvalue weighted by Crippen LogP contribution is -2.44. The third-order valence-electron chi connectivity index (χ3n) is 5.89. The molecule has 0 unspecified atom stereocenters. The van der Waals surface area contributed by atoms with Gasteiger partial charge >= 0.3 is 6.03 Å². The summed E-state index contributed by atoms with van der Waals surface area (Å²) in [5.74, 6) is -0.155. The van der Waals surface area contributed by atoms with E-state index in [-0.39, 0.29) is 43.3 Å². The van der Waals surface area contributed by atoms with E-state index in [4.69, 9.17) is 0 Å². The monoisotopic (exact) mass is 485 g/mol. The molecule has 0 N–H and O–H groups in total. The second-order valence-electron chi connectivity index (χ2n) is 8.31. The van der Waals surface area contributed by atoms with Gasteiger partial charge in [-0.1, -0.05) is 56.0 Å². The fraction of sp³-hybridized carbons (Fsp3) is 0.609. The van der Waals surface area contributed by atoms with Crippen molar-refractivity contribution in [3.8, 4) is 0 Å². The molecule has 0 atom stereocenters. The lowest BCUT2D eigenvalue weighted by Gasteiger charge is -2.32. The molecule has 32 heavy (non-hydrogen) atoms. The van der Waals surface area contributed by atoms with Gasteiger partial charge in [0.15, 0.2) is 0 Å². The Balaban J connectivity index is 0.00000256. The van der Waals surface area contributed by atoms with Crippen molar-refractivity contribution in [3.63, 3.8) is 0 Å². The van der Waals surface area contributed by atoms with Gasteiger partial charge in [0, 0.05) is 32.7 Å². The molecular formula is C23H37Cl2N5O2. The van der Waals surface area contributed by atoms with Crippen molar-refractivity contribution < 1.29 is 9.59 Å². The highest BCUT2D eigenvalue weighted by Crippen LogP contribution is 2.14. The molecule has 1 aromatic rings. The van der Waals surface area contributed by atoms with Crippen LogP contribution in [0.1, 0.15) is 44.1 Å². The van der Waals surface area contributed by atoms with Gasteiger partial charge in [-0.25, -0.2) is 9.80 Å². The molecule has 2 aliphatic rings. The Morgan fingerprint density at radius 2 is 1.44 bits per heavy atom. The number of imide groups is 1. The molecule has 0 radical (unpaired) electrons. The van der Waals surface area contributed by atoms with Gasteiger partial charge in [-0.3, -0.25) is 9.69 Å². The normalized spacial score (nSPS) is 17.7. The molecule has 0 aliphatic carbocycles. The van der Waals surface area contributed by atoms with Gasteiger partial charge in [-0.2, -0.15) is 5.10 Å². The van der Waals surface area contributed by atoms with Gasteiger partial charge in [0.1, 0.15) is 6.54 Å². The predicted molar refractivity (Wildman–Crippen MR) is 134 cm³/mol. The van der Waals surface area contributed by atoms with Crippen molar-refractivity contribution in [2.45, 2.75) is 38.5 Å². The van der Waals surface area contributed by atoms with Crippen molar-refractivity contribution in [1.82, 2.24) is 19.7 Å². The number of benzene rings is 1. The maximum absolute atomic E-state index is 12.4. The second kappa shape index (κ2) is 15.2. The van der Waals surface area contributed by atoms with Gasteiger partial charge in [0.2, 0.25) is 0 Å². The zero-order valence-electron chi connectivity index (χ0n) is 19.0. The van der Waals surface area contributed by atoms with Crippen LogP contribution >= 0.6 is 24.8 Å². The summed E-state index contributed by atoms with van der Waals surface area (Å²) in [6, 6.07) is 9.27. The van der Waals surface area contributed by atoms with Crippen LogP contribution in [0.25, 0.3) is 0 Å². The molecule has 0 aromatic heterocycles. The average molecular weight is 486 g/mol. The Labute approximate surface area is 204 Å². The second-order valence-corrected chi connectivity index (χ2v) is 8.31. The summed E-state index contributed by atoms with van der Waals surface area (Å²) in [5.41, 5.74) is 0.906. The number of halogens is 2. The van der Waals surface area contributed by atoms with E-state index in [1.165, 1.54) is 61.9 Å². The fourth-order valence-corrected chi connectivity index (χ4v) is 3.90. The number of likely N-dealkylation sites (N-methyl/N-ethyl adjacent to an activating group) is 1. The number of carbonyl (C=O) groups is 2. The van der Waals surface area contributed by atoms with Crippen molar-refractivity contribution in [3.05, 3.63) is 35.9 Å². The van der Waals surface area contributed by atoms with E-state index in [9.17, 15) is 9.59 Å². The first kappa shape index (κ1) is 28.4. The fourth-order valence-electron chi connectivity index (χ4n) is 3.90. The SMILES string of the molecule is CN1CCN(CCCCCCCCN2C(=O)CN(/N=C/c3ccccc3)C2=O)CC1.Cl.Cl. The maximum atomic E-state index is 12.4. The minimum atomic E-state index is -0.306. The Kier molecular flexibility index (Phi) is 13.5. The lowest BCUT2D eigenvalue weighted by molar-refractivity contribution is -0.125. The molecule has 0 spiro atoms. The Bertz CT molecular complexity index is 712. The van der Waals surface area contributed by atoms with Gasteiger partial charge in [-0.15, -0.1) is 24.8 Å². The molecule has 3 rings (SSSR count). The van der Waals surface area contributed by atoms with Crippen molar-refractivity contribution in [1.29, 1.82) is 0 Å². The minimum absolute atomic E-state index is 0. The molecule has 3 amide bonds. The maximum Gasteiger partial charge on any atom is 0.347 e. The van der Waals surface area contributed by atoms with Crippen molar-refractivity contribution in [2.75, 3.05) is 52.9 Å². The molecule has 0 bridgehead atoms. The quantitative estimate of drug-likeness (QED) is 0.272. The molecule has 1 aromatic carbocycles. The summed E-state index contributed by atoms with van der Waals surface area (Å²) >= 11 is 0.